The fourth-order valence-corrected chi connectivity index (χ4v) is 5.82. The lowest BCUT2D eigenvalue weighted by molar-refractivity contribution is -0.132. The summed E-state index contributed by atoms with van der Waals surface area (Å²) >= 11 is 6.37. The van der Waals surface area contributed by atoms with E-state index in [0.717, 1.165) is 11.0 Å². The Kier molecular flexibility index (Phi) is 7.63. The van der Waals surface area contributed by atoms with Crippen LogP contribution in [0.3, 0.4) is 0 Å². The van der Waals surface area contributed by atoms with Crippen LogP contribution >= 0.6 is 11.6 Å². The number of rotatable bonds is 10. The van der Waals surface area contributed by atoms with Gasteiger partial charge in [-0.15, -0.1) is 0 Å². The van der Waals surface area contributed by atoms with Gasteiger partial charge in [0.15, 0.2) is 0 Å². The summed E-state index contributed by atoms with van der Waals surface area (Å²) in [6.45, 7) is 0.890. The molecule has 1 aliphatic carbocycles. The van der Waals surface area contributed by atoms with E-state index in [1.807, 2.05) is 0 Å². The standard InChI is InChI=1S/C24H25ClF3N3O4S/c25-20-8-2-1-7-19(20)22(23(33)29-17-14-24(27,28)15-17)31(18-6-3-5-16(26)13-18)21(32)9-4-12-36(34,35)30-10-11-30/h1-3,5-8,13,17,22H,4,9-12,14-15H2,(H,29,33)/t22-/m0/s1. The molecule has 0 spiro atoms. The number of hydrogen-bond acceptors (Lipinski definition) is 4. The van der Waals surface area contributed by atoms with E-state index in [1.165, 1.54) is 34.6 Å². The Morgan fingerprint density at radius 1 is 1.14 bits per heavy atom. The van der Waals surface area contributed by atoms with Crippen molar-refractivity contribution in [3.05, 3.63) is 64.9 Å². The number of anilines is 1. The van der Waals surface area contributed by atoms with Gasteiger partial charge < -0.3 is 5.32 Å². The molecule has 1 aliphatic heterocycles. The molecule has 1 heterocycles. The highest BCUT2D eigenvalue weighted by Gasteiger charge is 2.47. The van der Waals surface area contributed by atoms with Crippen LogP contribution in [0.4, 0.5) is 18.9 Å². The molecule has 0 bridgehead atoms. The Hall–Kier alpha value is -2.63. The zero-order valence-corrected chi connectivity index (χ0v) is 20.7. The number of alkyl halides is 2. The van der Waals surface area contributed by atoms with Crippen molar-refractivity contribution in [2.75, 3.05) is 23.7 Å². The molecular weight excluding hydrogens is 519 g/mol. The van der Waals surface area contributed by atoms with Gasteiger partial charge in [-0.05, 0) is 30.7 Å². The van der Waals surface area contributed by atoms with E-state index in [9.17, 15) is 31.2 Å². The molecule has 0 radical (unpaired) electrons. The Morgan fingerprint density at radius 3 is 2.44 bits per heavy atom. The second-order valence-corrected chi connectivity index (χ2v) is 11.5. The minimum Gasteiger partial charge on any atom is -0.351 e. The summed E-state index contributed by atoms with van der Waals surface area (Å²) in [5.41, 5.74) is 0.268. The number of nitrogens with zero attached hydrogens (tertiary/aromatic N) is 2. The molecule has 1 atom stereocenters. The third kappa shape index (κ3) is 6.19. The molecule has 0 aromatic heterocycles. The van der Waals surface area contributed by atoms with Gasteiger partial charge in [0.05, 0.1) is 5.75 Å². The van der Waals surface area contributed by atoms with Crippen LogP contribution in [-0.4, -0.2) is 55.3 Å². The van der Waals surface area contributed by atoms with Gasteiger partial charge in [0.1, 0.15) is 11.9 Å². The van der Waals surface area contributed by atoms with E-state index in [1.54, 1.807) is 12.1 Å². The summed E-state index contributed by atoms with van der Waals surface area (Å²) in [7, 11) is -3.47. The van der Waals surface area contributed by atoms with Crippen LogP contribution in [0.2, 0.25) is 5.02 Å². The highest BCUT2D eigenvalue weighted by molar-refractivity contribution is 7.89. The van der Waals surface area contributed by atoms with Crippen LogP contribution in [0.5, 0.6) is 0 Å². The van der Waals surface area contributed by atoms with E-state index in [2.05, 4.69) is 5.32 Å². The molecule has 194 valence electrons. The van der Waals surface area contributed by atoms with Crippen molar-refractivity contribution in [3.8, 4) is 0 Å². The lowest BCUT2D eigenvalue weighted by atomic mass is 9.87. The molecule has 2 aromatic rings. The number of benzene rings is 2. The van der Waals surface area contributed by atoms with Crippen molar-refractivity contribution < 1.29 is 31.2 Å². The largest absolute Gasteiger partial charge is 0.351 e. The predicted molar refractivity (Wildman–Crippen MR) is 129 cm³/mol. The van der Waals surface area contributed by atoms with Crippen molar-refractivity contribution in [1.29, 1.82) is 0 Å². The van der Waals surface area contributed by atoms with Gasteiger partial charge in [0.25, 0.3) is 5.92 Å². The molecule has 36 heavy (non-hydrogen) atoms. The van der Waals surface area contributed by atoms with Crippen LogP contribution in [0.15, 0.2) is 48.5 Å². The average Bonchev–Trinajstić information content (AvgIpc) is 3.63. The van der Waals surface area contributed by atoms with Crippen LogP contribution in [0.25, 0.3) is 0 Å². The molecule has 2 aromatic carbocycles. The molecule has 1 saturated carbocycles. The SMILES string of the molecule is O=C(NC1CC(F)(F)C1)[C@H](c1ccccc1Cl)N(C(=O)CCCS(=O)(=O)N1CC1)c1cccc(F)c1. The molecule has 7 nitrogen and oxygen atoms in total. The van der Waals surface area contributed by atoms with Crippen LogP contribution in [0.1, 0.15) is 37.3 Å². The number of hydrogen-bond donors (Lipinski definition) is 1. The fourth-order valence-electron chi connectivity index (χ4n) is 4.18. The van der Waals surface area contributed by atoms with Crippen molar-refractivity contribution in [1.82, 2.24) is 9.62 Å². The van der Waals surface area contributed by atoms with E-state index in [0.29, 0.717) is 13.1 Å². The zero-order valence-electron chi connectivity index (χ0n) is 19.2. The summed E-state index contributed by atoms with van der Waals surface area (Å²) in [5, 5.41) is 2.70. The molecule has 1 saturated heterocycles. The number of nitrogens with one attached hydrogen (secondary N) is 1. The Labute approximate surface area is 212 Å². The Bertz CT molecular complexity index is 1250. The minimum absolute atomic E-state index is 0.0187. The predicted octanol–water partition coefficient (Wildman–Crippen LogP) is 3.89. The van der Waals surface area contributed by atoms with E-state index in [-0.39, 0.29) is 34.9 Å². The van der Waals surface area contributed by atoms with Gasteiger partial charge >= 0.3 is 0 Å². The summed E-state index contributed by atoms with van der Waals surface area (Å²) < 4.78 is 66.6. The third-order valence-electron chi connectivity index (χ3n) is 6.09. The summed E-state index contributed by atoms with van der Waals surface area (Å²) in [5.74, 6) is -5.18. The fraction of sp³-hybridized carbons (Fsp3) is 0.417. The van der Waals surface area contributed by atoms with Crippen LogP contribution in [-0.2, 0) is 19.6 Å². The van der Waals surface area contributed by atoms with Gasteiger partial charge in [-0.2, -0.15) is 4.31 Å². The first-order valence-electron chi connectivity index (χ1n) is 11.4. The highest BCUT2D eigenvalue weighted by Crippen LogP contribution is 2.39. The number of amides is 2. The zero-order chi connectivity index (χ0) is 26.1. The molecule has 0 unspecified atom stereocenters. The number of halogens is 4. The van der Waals surface area contributed by atoms with E-state index >= 15 is 0 Å². The monoisotopic (exact) mass is 543 g/mol. The smallest absolute Gasteiger partial charge is 0.252 e. The van der Waals surface area contributed by atoms with Crippen molar-refractivity contribution in [3.63, 3.8) is 0 Å². The number of carbonyl (C=O) groups is 2. The molecule has 2 aliphatic rings. The van der Waals surface area contributed by atoms with Crippen molar-refractivity contribution in [2.24, 2.45) is 0 Å². The van der Waals surface area contributed by atoms with Crippen LogP contribution < -0.4 is 10.2 Å². The molecule has 2 amide bonds. The average molecular weight is 544 g/mol. The second-order valence-electron chi connectivity index (χ2n) is 8.96. The second kappa shape index (κ2) is 10.4. The first-order valence-corrected chi connectivity index (χ1v) is 13.4. The third-order valence-corrected chi connectivity index (χ3v) is 8.39. The maximum Gasteiger partial charge on any atom is 0.252 e. The first-order chi connectivity index (χ1) is 17.0. The van der Waals surface area contributed by atoms with E-state index in [4.69, 9.17) is 11.6 Å². The lowest BCUT2D eigenvalue weighted by Gasteiger charge is -2.38. The van der Waals surface area contributed by atoms with E-state index < -0.39 is 58.5 Å². The topological polar surface area (TPSA) is 86.6 Å². The summed E-state index contributed by atoms with van der Waals surface area (Å²) in [6.07, 6.45) is -1.33. The minimum atomic E-state index is -3.47. The molecule has 12 heteroatoms. The van der Waals surface area contributed by atoms with Gasteiger partial charge in [-0.3, -0.25) is 14.5 Å². The number of carbonyl (C=O) groups excluding carboxylic acids is 2. The number of sulfonamides is 1. The van der Waals surface area contributed by atoms with Gasteiger partial charge in [-0.1, -0.05) is 35.9 Å². The quantitative estimate of drug-likeness (QED) is 0.461. The first kappa shape index (κ1) is 26.4. The van der Waals surface area contributed by atoms with Crippen LogP contribution in [0, 0.1) is 5.82 Å². The van der Waals surface area contributed by atoms with Crippen molar-refractivity contribution >= 4 is 39.1 Å². The molecular formula is C24H25ClF3N3O4S. The highest BCUT2D eigenvalue weighted by atomic mass is 35.5. The maximum absolute atomic E-state index is 14.2. The Morgan fingerprint density at radius 2 is 1.83 bits per heavy atom. The molecule has 2 fully saturated rings. The normalized spacial score (nSPS) is 18.2. The van der Waals surface area contributed by atoms with Gasteiger partial charge in [0.2, 0.25) is 21.8 Å². The van der Waals surface area contributed by atoms with Crippen molar-refractivity contribution in [2.45, 2.75) is 43.7 Å². The maximum atomic E-state index is 14.2. The molecule has 1 N–H and O–H groups in total. The lowest BCUT2D eigenvalue weighted by Crippen LogP contribution is -2.54. The van der Waals surface area contributed by atoms with Gasteiger partial charge in [-0.25, -0.2) is 21.6 Å². The summed E-state index contributed by atoms with van der Waals surface area (Å²) in [6, 6.07) is 9.11. The molecule has 4 rings (SSSR count). The Balaban J connectivity index is 1.65. The summed E-state index contributed by atoms with van der Waals surface area (Å²) in [4.78, 5) is 28.0. The van der Waals surface area contributed by atoms with Gasteiger partial charge in [0, 0.05) is 54.7 Å².